The van der Waals surface area contributed by atoms with Crippen molar-refractivity contribution in [2.45, 2.75) is 0 Å². The largest absolute Gasteiger partial charge is 0.491 e. The van der Waals surface area contributed by atoms with Crippen LogP contribution in [0.15, 0.2) is 48.9 Å². The summed E-state index contributed by atoms with van der Waals surface area (Å²) in [4.78, 5) is 33.8. The first-order valence-corrected chi connectivity index (χ1v) is 11.7. The van der Waals surface area contributed by atoms with Crippen molar-refractivity contribution in [1.29, 1.82) is 0 Å². The van der Waals surface area contributed by atoms with Crippen molar-refractivity contribution >= 4 is 34.4 Å². The summed E-state index contributed by atoms with van der Waals surface area (Å²) in [6.45, 7) is 4.99. The Morgan fingerprint density at radius 3 is 2.74 bits per heavy atom. The molecule has 0 saturated carbocycles. The number of benzene rings is 1. The fourth-order valence-electron chi connectivity index (χ4n) is 4.44. The number of hydrogen-bond donors (Lipinski definition) is 3. The molecule has 2 aliphatic rings. The number of H-pyrrole nitrogens is 1. The number of carbonyl (C=O) groups excluding carboxylic acids is 1. The number of pyridine rings is 1. The Labute approximate surface area is 202 Å². The fraction of sp³-hybridized carbons (Fsp3) is 0.280. The minimum absolute atomic E-state index is 0.118. The molecule has 1 amide bonds. The number of ether oxygens (including phenoxy) is 1. The zero-order valence-corrected chi connectivity index (χ0v) is 19.4. The van der Waals surface area contributed by atoms with Crippen LogP contribution in [0.3, 0.4) is 0 Å². The van der Waals surface area contributed by atoms with Crippen LogP contribution in [-0.4, -0.2) is 77.1 Å². The van der Waals surface area contributed by atoms with Gasteiger partial charge in [-0.25, -0.2) is 9.97 Å². The number of rotatable bonds is 4. The van der Waals surface area contributed by atoms with Gasteiger partial charge in [0.2, 0.25) is 5.95 Å². The van der Waals surface area contributed by atoms with E-state index in [1.807, 2.05) is 36.7 Å². The van der Waals surface area contributed by atoms with Gasteiger partial charge in [0.1, 0.15) is 23.8 Å². The number of fused-ring (bicyclic) bond motifs is 2. The maximum absolute atomic E-state index is 12.2. The molecule has 0 aliphatic carbocycles. The highest BCUT2D eigenvalue weighted by molar-refractivity contribution is 5.99. The molecule has 3 aromatic heterocycles. The van der Waals surface area contributed by atoms with Gasteiger partial charge in [0.05, 0.1) is 24.0 Å². The highest BCUT2D eigenvalue weighted by atomic mass is 16.5. The molecule has 6 rings (SSSR count). The molecular formula is C25H26N8O2. The summed E-state index contributed by atoms with van der Waals surface area (Å²) in [5.74, 6) is 1.94. The van der Waals surface area contributed by atoms with Crippen LogP contribution in [0.25, 0.3) is 22.2 Å². The van der Waals surface area contributed by atoms with E-state index >= 15 is 0 Å². The number of nitrogens with zero attached hydrogens (tertiary/aromatic N) is 5. The third kappa shape index (κ3) is 4.24. The molecule has 10 heteroatoms. The molecule has 0 spiro atoms. The minimum Gasteiger partial charge on any atom is -0.491 e. The van der Waals surface area contributed by atoms with Crippen molar-refractivity contribution in [1.82, 2.24) is 30.2 Å². The molecule has 2 aliphatic heterocycles. The molecule has 4 aromatic rings. The minimum atomic E-state index is -0.118. The van der Waals surface area contributed by atoms with Crippen molar-refractivity contribution in [2.24, 2.45) is 0 Å². The lowest BCUT2D eigenvalue weighted by Crippen LogP contribution is -2.44. The summed E-state index contributed by atoms with van der Waals surface area (Å²) in [6.07, 6.45) is 5.50. The van der Waals surface area contributed by atoms with Gasteiger partial charge in [0.25, 0.3) is 5.91 Å². The van der Waals surface area contributed by atoms with E-state index in [4.69, 9.17) is 4.74 Å². The number of aromatic amines is 1. The lowest BCUT2D eigenvalue weighted by Gasteiger charge is -2.33. The highest BCUT2D eigenvalue weighted by Crippen LogP contribution is 2.32. The molecule has 3 N–H and O–H groups in total. The first-order chi connectivity index (χ1) is 17.1. The summed E-state index contributed by atoms with van der Waals surface area (Å²) >= 11 is 0. The number of anilines is 3. The van der Waals surface area contributed by atoms with Crippen LogP contribution in [-0.2, 0) is 0 Å². The second-order valence-electron chi connectivity index (χ2n) is 8.79. The van der Waals surface area contributed by atoms with Gasteiger partial charge in [-0.05, 0) is 36.9 Å². The van der Waals surface area contributed by atoms with E-state index < -0.39 is 0 Å². The Morgan fingerprint density at radius 2 is 1.91 bits per heavy atom. The SMILES string of the molecule is CN1CCN(c2ccc(Nc3ncc4c(-c5ccc6c(c5)OCCNC6=O)c[nH]c4n3)cn2)CC1. The summed E-state index contributed by atoms with van der Waals surface area (Å²) in [5, 5.41) is 6.95. The number of nitrogens with one attached hydrogen (secondary N) is 3. The van der Waals surface area contributed by atoms with Crippen LogP contribution in [0.2, 0.25) is 0 Å². The standard InChI is InChI=1S/C25H26N8O2/c1-32-7-9-33(10-8-32)22-5-3-17(13-27-22)30-25-29-15-20-19(14-28-23(20)31-25)16-2-4-18-21(12-16)35-11-6-26-24(18)34/h2-5,12-15H,6-11H2,1H3,(H,26,34)(H2,28,29,30,31). The molecule has 1 saturated heterocycles. The fourth-order valence-corrected chi connectivity index (χ4v) is 4.44. The Kier molecular flexibility index (Phi) is 5.42. The second-order valence-corrected chi connectivity index (χ2v) is 8.79. The Balaban J connectivity index is 1.21. The van der Waals surface area contributed by atoms with Crippen molar-refractivity contribution in [3.8, 4) is 16.9 Å². The smallest absolute Gasteiger partial charge is 0.255 e. The monoisotopic (exact) mass is 470 g/mol. The van der Waals surface area contributed by atoms with Crippen molar-refractivity contribution in [3.63, 3.8) is 0 Å². The predicted octanol–water partition coefficient (Wildman–Crippen LogP) is 2.64. The number of amides is 1. The second kappa shape index (κ2) is 8.88. The average Bonchev–Trinajstić information content (AvgIpc) is 3.21. The highest BCUT2D eigenvalue weighted by Gasteiger charge is 2.19. The van der Waals surface area contributed by atoms with Crippen LogP contribution in [0, 0.1) is 0 Å². The zero-order chi connectivity index (χ0) is 23.8. The Morgan fingerprint density at radius 1 is 1.03 bits per heavy atom. The number of carbonyl (C=O) groups is 1. The van der Waals surface area contributed by atoms with Gasteiger partial charge in [0.15, 0.2) is 0 Å². The number of likely N-dealkylation sites (N-methyl/N-ethyl adjacent to an activating group) is 1. The van der Waals surface area contributed by atoms with Crippen LogP contribution in [0.5, 0.6) is 5.75 Å². The third-order valence-electron chi connectivity index (χ3n) is 6.45. The van der Waals surface area contributed by atoms with E-state index in [-0.39, 0.29) is 5.91 Å². The molecule has 178 valence electrons. The molecule has 5 heterocycles. The zero-order valence-electron chi connectivity index (χ0n) is 19.4. The average molecular weight is 471 g/mol. The molecule has 1 aromatic carbocycles. The van der Waals surface area contributed by atoms with Gasteiger partial charge >= 0.3 is 0 Å². The molecule has 1 fully saturated rings. The predicted molar refractivity (Wildman–Crippen MR) is 134 cm³/mol. The molecular weight excluding hydrogens is 444 g/mol. The number of aromatic nitrogens is 4. The van der Waals surface area contributed by atoms with Crippen molar-refractivity contribution < 1.29 is 9.53 Å². The van der Waals surface area contributed by atoms with Crippen LogP contribution >= 0.6 is 0 Å². The molecule has 10 nitrogen and oxygen atoms in total. The molecule has 0 atom stereocenters. The van der Waals surface area contributed by atoms with Crippen molar-refractivity contribution in [2.75, 3.05) is 56.6 Å². The van der Waals surface area contributed by atoms with Crippen molar-refractivity contribution in [3.05, 3.63) is 54.5 Å². The summed E-state index contributed by atoms with van der Waals surface area (Å²) < 4.78 is 5.76. The lowest BCUT2D eigenvalue weighted by atomic mass is 10.0. The van der Waals surface area contributed by atoms with Crippen LogP contribution in [0.1, 0.15) is 10.4 Å². The van der Waals surface area contributed by atoms with Crippen LogP contribution < -0.4 is 20.3 Å². The number of hydrogen-bond acceptors (Lipinski definition) is 8. The first kappa shape index (κ1) is 21.4. The molecule has 0 bridgehead atoms. The van der Waals surface area contributed by atoms with Gasteiger partial charge < -0.3 is 30.2 Å². The van der Waals surface area contributed by atoms with E-state index in [1.54, 1.807) is 12.3 Å². The third-order valence-corrected chi connectivity index (χ3v) is 6.45. The van der Waals surface area contributed by atoms with Crippen LogP contribution in [0.4, 0.5) is 17.5 Å². The Hall–Kier alpha value is -4.18. The maximum Gasteiger partial charge on any atom is 0.255 e. The first-order valence-electron chi connectivity index (χ1n) is 11.7. The van der Waals surface area contributed by atoms with E-state index in [1.165, 1.54) is 0 Å². The summed E-state index contributed by atoms with van der Waals surface area (Å²) in [6, 6.07) is 9.62. The molecule has 35 heavy (non-hydrogen) atoms. The molecule has 0 radical (unpaired) electrons. The van der Waals surface area contributed by atoms with Gasteiger partial charge in [0, 0.05) is 49.5 Å². The molecule has 0 unspecified atom stereocenters. The summed E-state index contributed by atoms with van der Waals surface area (Å²) in [5.41, 5.74) is 3.96. The van der Waals surface area contributed by atoms with E-state index in [2.05, 4.69) is 47.4 Å². The van der Waals surface area contributed by atoms with Gasteiger partial charge in [-0.3, -0.25) is 4.79 Å². The summed E-state index contributed by atoms with van der Waals surface area (Å²) in [7, 11) is 2.14. The quantitative estimate of drug-likeness (QED) is 0.418. The van der Waals surface area contributed by atoms with E-state index in [0.717, 1.165) is 54.2 Å². The Bertz CT molecular complexity index is 1380. The maximum atomic E-state index is 12.2. The number of piperazine rings is 1. The lowest BCUT2D eigenvalue weighted by molar-refractivity contribution is 0.0957. The van der Waals surface area contributed by atoms with Gasteiger partial charge in [-0.2, -0.15) is 4.98 Å². The van der Waals surface area contributed by atoms with E-state index in [9.17, 15) is 4.79 Å². The van der Waals surface area contributed by atoms with Gasteiger partial charge in [-0.15, -0.1) is 0 Å². The normalized spacial score (nSPS) is 16.4. The van der Waals surface area contributed by atoms with E-state index in [0.29, 0.717) is 36.1 Å². The van der Waals surface area contributed by atoms with Gasteiger partial charge in [-0.1, -0.05) is 6.07 Å². The topological polar surface area (TPSA) is 111 Å².